The first-order valence-corrected chi connectivity index (χ1v) is 8.91. The van der Waals surface area contributed by atoms with E-state index in [9.17, 15) is 19.1 Å². The molecule has 4 rings (SSSR count). The molecule has 1 aromatic heterocycles. The van der Waals surface area contributed by atoms with Crippen molar-refractivity contribution in [3.05, 3.63) is 39.4 Å². The molecule has 2 heterocycles. The number of hydrogen-bond donors (Lipinski definition) is 2. The van der Waals surface area contributed by atoms with Crippen LogP contribution in [0.1, 0.15) is 41.7 Å². The van der Waals surface area contributed by atoms with E-state index in [1.165, 1.54) is 12.3 Å². The van der Waals surface area contributed by atoms with E-state index < -0.39 is 17.2 Å². The second-order valence-corrected chi connectivity index (χ2v) is 7.59. The number of nitrogens with zero attached hydrogens (tertiary/aromatic N) is 2. The molecule has 0 bridgehead atoms. The number of carboxylic acid groups (broad SMARTS) is 1. The van der Waals surface area contributed by atoms with E-state index in [1.54, 1.807) is 6.92 Å². The van der Waals surface area contributed by atoms with Crippen LogP contribution in [0.4, 0.5) is 10.1 Å². The van der Waals surface area contributed by atoms with Gasteiger partial charge >= 0.3 is 5.97 Å². The maximum atomic E-state index is 15.0. The van der Waals surface area contributed by atoms with Gasteiger partial charge in [-0.2, -0.15) is 0 Å². The molecule has 2 aliphatic rings. The number of aromatic carboxylic acids is 1. The number of rotatable bonds is 3. The molecule has 2 fully saturated rings. The Morgan fingerprint density at radius 1 is 1.35 bits per heavy atom. The normalized spacial score (nSPS) is 23.0. The molecule has 7 heteroatoms. The van der Waals surface area contributed by atoms with Crippen LogP contribution < -0.4 is 16.1 Å². The number of benzene rings is 1. The molecule has 0 unspecified atom stereocenters. The molecule has 0 radical (unpaired) electrons. The number of carbonyl (C=O) groups is 1. The van der Waals surface area contributed by atoms with Crippen LogP contribution in [-0.4, -0.2) is 34.8 Å². The average molecular weight is 359 g/mol. The van der Waals surface area contributed by atoms with Crippen molar-refractivity contribution in [2.24, 2.45) is 11.7 Å². The zero-order chi connectivity index (χ0) is 18.7. The first-order chi connectivity index (χ1) is 12.3. The lowest BCUT2D eigenvalue weighted by Gasteiger charge is -2.24. The number of hydrogen-bond acceptors (Lipinski definition) is 4. The number of nitrogens with two attached hydrogens (primary N) is 1. The van der Waals surface area contributed by atoms with Gasteiger partial charge in [-0.1, -0.05) is 6.92 Å². The average Bonchev–Trinajstić information content (AvgIpc) is 3.35. The van der Waals surface area contributed by atoms with Crippen LogP contribution in [-0.2, 0) is 0 Å². The van der Waals surface area contributed by atoms with Crippen molar-refractivity contribution in [1.29, 1.82) is 0 Å². The fourth-order valence-corrected chi connectivity index (χ4v) is 4.03. The van der Waals surface area contributed by atoms with Crippen molar-refractivity contribution in [1.82, 2.24) is 4.57 Å². The third-order valence-corrected chi connectivity index (χ3v) is 5.64. The highest BCUT2D eigenvalue weighted by Gasteiger charge is 2.32. The van der Waals surface area contributed by atoms with Gasteiger partial charge < -0.3 is 20.3 Å². The van der Waals surface area contributed by atoms with Crippen molar-refractivity contribution in [3.8, 4) is 0 Å². The Morgan fingerprint density at radius 3 is 2.58 bits per heavy atom. The summed E-state index contributed by atoms with van der Waals surface area (Å²) in [4.78, 5) is 26.0. The molecule has 138 valence electrons. The third-order valence-electron chi connectivity index (χ3n) is 5.64. The van der Waals surface area contributed by atoms with Crippen LogP contribution in [0, 0.1) is 18.7 Å². The van der Waals surface area contributed by atoms with E-state index in [2.05, 4.69) is 0 Å². The Hall–Kier alpha value is -2.41. The maximum absolute atomic E-state index is 15.0. The smallest absolute Gasteiger partial charge is 0.341 e. The summed E-state index contributed by atoms with van der Waals surface area (Å²) in [5.74, 6) is -1.53. The molecule has 1 aliphatic carbocycles. The minimum atomic E-state index is -1.28. The summed E-state index contributed by atoms with van der Waals surface area (Å²) in [6.45, 7) is 5.06. The predicted octanol–water partition coefficient (Wildman–Crippen LogP) is 2.27. The highest BCUT2D eigenvalue weighted by atomic mass is 19.1. The van der Waals surface area contributed by atoms with E-state index in [0.717, 1.165) is 12.8 Å². The summed E-state index contributed by atoms with van der Waals surface area (Å²) in [5.41, 5.74) is 6.92. The molecule has 6 nitrogen and oxygen atoms in total. The topological polar surface area (TPSA) is 88.6 Å². The van der Waals surface area contributed by atoms with E-state index in [-0.39, 0.29) is 29.0 Å². The molecule has 2 aromatic rings. The van der Waals surface area contributed by atoms with Crippen molar-refractivity contribution >= 4 is 22.6 Å². The van der Waals surface area contributed by atoms with Gasteiger partial charge in [0.25, 0.3) is 0 Å². The fraction of sp³-hybridized carbons (Fsp3) is 0.474. The molecule has 1 aliphatic heterocycles. The monoisotopic (exact) mass is 359 g/mol. The summed E-state index contributed by atoms with van der Waals surface area (Å²) < 4.78 is 16.8. The molecule has 0 amide bonds. The molecule has 1 aromatic carbocycles. The Kier molecular flexibility index (Phi) is 3.80. The van der Waals surface area contributed by atoms with Gasteiger partial charge in [-0.3, -0.25) is 4.79 Å². The van der Waals surface area contributed by atoms with Gasteiger partial charge in [0.15, 0.2) is 0 Å². The second-order valence-electron chi connectivity index (χ2n) is 7.59. The number of fused-ring (bicyclic) bond motifs is 1. The van der Waals surface area contributed by atoms with Crippen LogP contribution in [0.15, 0.2) is 17.1 Å². The van der Waals surface area contributed by atoms with E-state index in [1.807, 2.05) is 16.4 Å². The lowest BCUT2D eigenvalue weighted by Crippen LogP contribution is -2.29. The van der Waals surface area contributed by atoms with Crippen molar-refractivity contribution in [3.63, 3.8) is 0 Å². The van der Waals surface area contributed by atoms with Crippen LogP contribution in [0.25, 0.3) is 10.9 Å². The molecule has 1 saturated heterocycles. The largest absolute Gasteiger partial charge is 0.477 e. The maximum Gasteiger partial charge on any atom is 0.341 e. The number of aromatic nitrogens is 1. The minimum Gasteiger partial charge on any atom is -0.477 e. The summed E-state index contributed by atoms with van der Waals surface area (Å²) in [6, 6.07) is 1.33. The van der Waals surface area contributed by atoms with Crippen LogP contribution in [0.5, 0.6) is 0 Å². The first-order valence-electron chi connectivity index (χ1n) is 8.91. The molecule has 26 heavy (non-hydrogen) atoms. The van der Waals surface area contributed by atoms with E-state index >= 15 is 0 Å². The fourth-order valence-electron chi connectivity index (χ4n) is 4.03. The standard InChI is InChI=1S/C19H22FN3O3/c1-9-6-22(8-15(9)21)17-10(2)16-12(5-14(17)20)18(24)13(19(25)26)7-23(16)11-3-4-11/h5,7,9,11,15H,3-4,6,8,21H2,1-2H3,(H,25,26)/t9-,15+/m0/s1. The predicted molar refractivity (Wildman–Crippen MR) is 97.5 cm³/mol. The summed E-state index contributed by atoms with van der Waals surface area (Å²) >= 11 is 0. The highest BCUT2D eigenvalue weighted by molar-refractivity contribution is 5.95. The Morgan fingerprint density at radius 2 is 2.04 bits per heavy atom. The number of carboxylic acids is 1. The van der Waals surface area contributed by atoms with Gasteiger partial charge in [-0.15, -0.1) is 0 Å². The zero-order valence-electron chi connectivity index (χ0n) is 14.8. The lowest BCUT2D eigenvalue weighted by atomic mass is 10.0. The van der Waals surface area contributed by atoms with Gasteiger partial charge in [0.1, 0.15) is 11.4 Å². The molecular formula is C19H22FN3O3. The molecular weight excluding hydrogens is 337 g/mol. The van der Waals surface area contributed by atoms with Crippen LogP contribution in [0.2, 0.25) is 0 Å². The second kappa shape index (κ2) is 5.81. The molecule has 1 saturated carbocycles. The lowest BCUT2D eigenvalue weighted by molar-refractivity contribution is 0.0695. The quantitative estimate of drug-likeness (QED) is 0.878. The molecule has 3 N–H and O–H groups in total. The van der Waals surface area contributed by atoms with Gasteiger partial charge in [-0.25, -0.2) is 9.18 Å². The number of halogens is 1. The third kappa shape index (κ3) is 2.49. The van der Waals surface area contributed by atoms with Crippen molar-refractivity contribution < 1.29 is 14.3 Å². The summed E-state index contributed by atoms with van der Waals surface area (Å²) in [7, 11) is 0. The van der Waals surface area contributed by atoms with Crippen molar-refractivity contribution in [2.45, 2.75) is 38.8 Å². The molecule has 0 spiro atoms. The van der Waals surface area contributed by atoms with Gasteiger partial charge in [0.05, 0.1) is 11.2 Å². The zero-order valence-corrected chi connectivity index (χ0v) is 14.8. The SMILES string of the molecule is Cc1c(N2C[C@@H](N)[C@@H](C)C2)c(F)cc2c(=O)c(C(=O)O)cn(C3CC3)c12. The van der Waals surface area contributed by atoms with E-state index in [0.29, 0.717) is 29.9 Å². The Bertz CT molecular complexity index is 970. The van der Waals surface area contributed by atoms with Gasteiger partial charge in [0.2, 0.25) is 5.43 Å². The van der Waals surface area contributed by atoms with Gasteiger partial charge in [0, 0.05) is 36.8 Å². The number of pyridine rings is 1. The first kappa shape index (κ1) is 17.0. The number of aryl methyl sites for hydroxylation is 1. The van der Waals surface area contributed by atoms with Crippen LogP contribution >= 0.6 is 0 Å². The van der Waals surface area contributed by atoms with Gasteiger partial charge in [-0.05, 0) is 37.3 Å². The highest BCUT2D eigenvalue weighted by Crippen LogP contribution is 2.40. The molecule has 2 atom stereocenters. The number of anilines is 1. The minimum absolute atomic E-state index is 0.0236. The van der Waals surface area contributed by atoms with Crippen LogP contribution in [0.3, 0.4) is 0 Å². The Labute approximate surface area is 150 Å². The Balaban J connectivity index is 2.00. The van der Waals surface area contributed by atoms with Crippen molar-refractivity contribution in [2.75, 3.05) is 18.0 Å². The van der Waals surface area contributed by atoms with E-state index in [4.69, 9.17) is 5.73 Å². The summed E-state index contributed by atoms with van der Waals surface area (Å²) in [6.07, 6.45) is 3.27. The summed E-state index contributed by atoms with van der Waals surface area (Å²) in [5, 5.41) is 9.48.